The minimum absolute atomic E-state index is 0.980. The molecule has 0 aliphatic rings. The summed E-state index contributed by atoms with van der Waals surface area (Å²) in [6.45, 7) is 26.8. The normalized spacial score (nSPS) is 12.0. The van der Waals surface area contributed by atoms with Gasteiger partial charge < -0.3 is 4.74 Å². The van der Waals surface area contributed by atoms with Gasteiger partial charge in [0.15, 0.2) is 0 Å². The van der Waals surface area contributed by atoms with Crippen LogP contribution in [0.25, 0.3) is 11.1 Å². The van der Waals surface area contributed by atoms with Gasteiger partial charge in [-0.25, -0.2) is 0 Å². The zero-order chi connectivity index (χ0) is 20.6. The molecule has 0 N–H and O–H groups in total. The van der Waals surface area contributed by atoms with E-state index >= 15 is 0 Å². The van der Waals surface area contributed by atoms with Gasteiger partial charge in [-0.15, -0.1) is 0 Å². The van der Waals surface area contributed by atoms with E-state index in [2.05, 4.69) is 103 Å². The van der Waals surface area contributed by atoms with E-state index in [4.69, 9.17) is 4.74 Å². The van der Waals surface area contributed by atoms with E-state index < -0.39 is 16.1 Å². The smallest absolute Gasteiger partial charge is 0.127 e. The Balaban J connectivity index is 2.73. The molecule has 0 saturated heterocycles. The highest BCUT2D eigenvalue weighted by molar-refractivity contribution is 6.90. The molecular formula is C24H34OSi2. The maximum atomic E-state index is 6.66. The summed E-state index contributed by atoms with van der Waals surface area (Å²) in [6, 6.07) is 12.7. The topological polar surface area (TPSA) is 9.23 Å². The van der Waals surface area contributed by atoms with Crippen LogP contribution in [0.5, 0.6) is 11.5 Å². The van der Waals surface area contributed by atoms with Gasteiger partial charge in [-0.2, -0.15) is 0 Å². The summed E-state index contributed by atoms with van der Waals surface area (Å²) in [6.07, 6.45) is 0. The molecular weight excluding hydrogens is 360 g/mol. The molecule has 0 aromatic heterocycles. The Labute approximate surface area is 167 Å². The molecule has 1 nitrogen and oxygen atoms in total. The molecule has 2 aromatic carbocycles. The van der Waals surface area contributed by atoms with Gasteiger partial charge in [0.1, 0.15) is 11.5 Å². The van der Waals surface area contributed by atoms with Crippen LogP contribution >= 0.6 is 0 Å². The lowest BCUT2D eigenvalue weighted by Gasteiger charge is -2.28. The lowest BCUT2D eigenvalue weighted by atomic mass is 10.1. The van der Waals surface area contributed by atoms with Crippen molar-refractivity contribution in [1.29, 1.82) is 0 Å². The van der Waals surface area contributed by atoms with Crippen LogP contribution < -0.4 is 15.1 Å². The van der Waals surface area contributed by atoms with Crippen molar-refractivity contribution in [2.24, 2.45) is 0 Å². The number of rotatable bonds is 6. The molecule has 0 saturated carbocycles. The summed E-state index contributed by atoms with van der Waals surface area (Å²) in [7, 11) is -3.26. The second kappa shape index (κ2) is 7.65. The van der Waals surface area contributed by atoms with Crippen LogP contribution in [0, 0.1) is 0 Å². The van der Waals surface area contributed by atoms with Gasteiger partial charge in [0.25, 0.3) is 0 Å². The van der Waals surface area contributed by atoms with Crippen LogP contribution in [-0.4, -0.2) is 16.1 Å². The fourth-order valence-electron chi connectivity index (χ4n) is 3.61. The lowest BCUT2D eigenvalue weighted by molar-refractivity contribution is 0.489. The molecule has 2 rings (SSSR count). The molecule has 0 bridgehead atoms. The summed E-state index contributed by atoms with van der Waals surface area (Å²) in [5, 5.41) is 2.69. The van der Waals surface area contributed by atoms with Crippen molar-refractivity contribution >= 4 is 37.7 Å². The zero-order valence-electron chi connectivity index (χ0n) is 18.3. The summed E-state index contributed by atoms with van der Waals surface area (Å²) in [5.41, 5.74) is 4.66. The largest absolute Gasteiger partial charge is 0.458 e. The Morgan fingerprint density at radius 3 is 1.26 bits per heavy atom. The number of ether oxygens (including phenoxy) is 1. The highest BCUT2D eigenvalue weighted by atomic mass is 28.3. The first-order valence-corrected chi connectivity index (χ1v) is 16.6. The monoisotopic (exact) mass is 394 g/mol. The van der Waals surface area contributed by atoms with E-state index in [1.54, 1.807) is 0 Å². The molecule has 0 unspecified atom stereocenters. The molecule has 27 heavy (non-hydrogen) atoms. The van der Waals surface area contributed by atoms with Crippen LogP contribution in [0.3, 0.4) is 0 Å². The van der Waals surface area contributed by atoms with Crippen molar-refractivity contribution in [2.75, 3.05) is 0 Å². The number of allylic oxidation sites excluding steroid dienone is 2. The quantitative estimate of drug-likeness (QED) is 0.499. The minimum atomic E-state index is -1.63. The summed E-state index contributed by atoms with van der Waals surface area (Å²) < 4.78 is 6.66. The van der Waals surface area contributed by atoms with Gasteiger partial charge in [0, 0.05) is 0 Å². The van der Waals surface area contributed by atoms with Gasteiger partial charge in [-0.3, -0.25) is 0 Å². The highest BCUT2D eigenvalue weighted by Gasteiger charge is 2.28. The summed E-state index contributed by atoms with van der Waals surface area (Å²) >= 11 is 0. The fraction of sp³-hybridized carbons (Fsp3) is 0.333. The van der Waals surface area contributed by atoms with E-state index in [0.717, 1.165) is 22.6 Å². The van der Waals surface area contributed by atoms with Crippen molar-refractivity contribution in [3.63, 3.8) is 0 Å². The summed E-state index contributed by atoms with van der Waals surface area (Å²) in [5.74, 6) is 1.96. The minimum Gasteiger partial charge on any atom is -0.458 e. The first kappa shape index (κ1) is 21.5. The fourth-order valence-corrected chi connectivity index (χ4v) is 7.57. The molecule has 0 heterocycles. The van der Waals surface area contributed by atoms with Crippen LogP contribution in [-0.2, 0) is 0 Å². The molecule has 0 aliphatic carbocycles. The number of hydrogen-bond donors (Lipinski definition) is 0. The summed E-state index contributed by atoms with van der Waals surface area (Å²) in [4.78, 5) is 0. The lowest BCUT2D eigenvalue weighted by Crippen LogP contribution is -2.42. The van der Waals surface area contributed by atoms with Crippen molar-refractivity contribution in [3.8, 4) is 11.5 Å². The van der Waals surface area contributed by atoms with Gasteiger partial charge in [-0.05, 0) is 47.5 Å². The van der Waals surface area contributed by atoms with E-state index in [1.807, 2.05) is 0 Å². The van der Waals surface area contributed by atoms with E-state index in [1.165, 1.54) is 21.5 Å². The first-order chi connectivity index (χ1) is 12.3. The van der Waals surface area contributed by atoms with Gasteiger partial charge >= 0.3 is 0 Å². The molecule has 0 aliphatic heterocycles. The molecule has 2 aromatic rings. The maximum absolute atomic E-state index is 6.66. The zero-order valence-corrected chi connectivity index (χ0v) is 20.3. The Bertz CT molecular complexity index is 807. The molecule has 0 atom stereocenters. The van der Waals surface area contributed by atoms with Gasteiger partial charge in [-0.1, -0.05) is 87.9 Å². The molecule has 0 fully saturated rings. The van der Waals surface area contributed by atoms with Crippen LogP contribution in [0.15, 0.2) is 49.6 Å². The highest BCUT2D eigenvalue weighted by Crippen LogP contribution is 2.29. The second-order valence-corrected chi connectivity index (χ2v) is 19.5. The third kappa shape index (κ3) is 4.71. The molecule has 144 valence electrons. The van der Waals surface area contributed by atoms with E-state index in [9.17, 15) is 0 Å². The number of benzene rings is 2. The molecule has 0 radical (unpaired) electrons. The molecule has 0 amide bonds. The molecule has 0 spiro atoms. The predicted octanol–water partition coefficient (Wildman–Crippen LogP) is 6.64. The van der Waals surface area contributed by atoms with E-state index in [-0.39, 0.29) is 0 Å². The van der Waals surface area contributed by atoms with Gasteiger partial charge in [0.2, 0.25) is 0 Å². The predicted molar refractivity (Wildman–Crippen MR) is 128 cm³/mol. The van der Waals surface area contributed by atoms with Crippen molar-refractivity contribution < 1.29 is 4.74 Å². The van der Waals surface area contributed by atoms with Crippen molar-refractivity contribution in [3.05, 3.63) is 60.7 Å². The standard InChI is InChI=1S/C24H34OSi2/c1-17(2)19-13-11-15-21(23(19)26(5,6)7)25-22-16-12-14-20(18(3)4)24(22)27(8,9)10/h11-16H,1,3H2,2,4-10H3. The Kier molecular flexibility index (Phi) is 6.08. The molecule has 3 heteroatoms. The SMILES string of the molecule is C=C(C)c1cccc(Oc2cccc(C(=C)C)c2[Si](C)(C)C)c1[Si](C)(C)C. The average Bonchev–Trinajstić information content (AvgIpc) is 2.52. The van der Waals surface area contributed by atoms with Crippen LogP contribution in [0.2, 0.25) is 39.3 Å². The maximum Gasteiger partial charge on any atom is 0.127 e. The Hall–Kier alpha value is -1.85. The Morgan fingerprint density at radius 2 is 1.00 bits per heavy atom. The third-order valence-corrected chi connectivity index (χ3v) is 8.72. The van der Waals surface area contributed by atoms with Gasteiger partial charge in [0.05, 0.1) is 16.1 Å². The van der Waals surface area contributed by atoms with E-state index in [0.29, 0.717) is 0 Å². The van der Waals surface area contributed by atoms with Crippen molar-refractivity contribution in [1.82, 2.24) is 0 Å². The average molecular weight is 395 g/mol. The second-order valence-electron chi connectivity index (χ2n) is 9.52. The van der Waals surface area contributed by atoms with Crippen LogP contribution in [0.4, 0.5) is 0 Å². The Morgan fingerprint density at radius 1 is 0.667 bits per heavy atom. The first-order valence-electron chi connectivity index (χ1n) is 9.60. The van der Waals surface area contributed by atoms with Crippen LogP contribution in [0.1, 0.15) is 25.0 Å². The number of hydrogen-bond acceptors (Lipinski definition) is 1. The third-order valence-electron chi connectivity index (χ3n) is 4.69. The van der Waals surface area contributed by atoms with Crippen molar-refractivity contribution in [2.45, 2.75) is 53.1 Å².